The monoisotopic (exact) mass is 466 g/mol. The highest BCUT2D eigenvalue weighted by molar-refractivity contribution is 14.0. The van der Waals surface area contributed by atoms with Gasteiger partial charge in [0.05, 0.1) is 12.1 Å². The predicted octanol–water partition coefficient (Wildman–Crippen LogP) is 2.86. The van der Waals surface area contributed by atoms with Gasteiger partial charge in [-0.3, -0.25) is 4.99 Å². The van der Waals surface area contributed by atoms with Gasteiger partial charge in [-0.15, -0.1) is 24.0 Å². The molecule has 0 bridgehead atoms. The lowest BCUT2D eigenvalue weighted by atomic mass is 10.1. The maximum Gasteiger partial charge on any atom is 0.191 e. The maximum atomic E-state index is 12.9. The molecule has 0 aliphatic carbocycles. The Balaban J connectivity index is 0.00000576. The van der Waals surface area contributed by atoms with Crippen molar-refractivity contribution in [1.82, 2.24) is 15.5 Å². The molecular weight excluding hydrogens is 434 g/mol. The van der Waals surface area contributed by atoms with Gasteiger partial charge in [-0.05, 0) is 45.5 Å². The van der Waals surface area contributed by atoms with E-state index < -0.39 is 0 Å². The molecule has 0 saturated heterocycles. The second kappa shape index (κ2) is 12.4. The van der Waals surface area contributed by atoms with Crippen LogP contribution in [0, 0.1) is 5.82 Å². The fourth-order valence-corrected chi connectivity index (χ4v) is 2.02. The van der Waals surface area contributed by atoms with Crippen molar-refractivity contribution in [2.75, 3.05) is 40.3 Å². The summed E-state index contributed by atoms with van der Waals surface area (Å²) in [7, 11) is 3.74. The topological polar surface area (TPSA) is 48.9 Å². The number of nitrogens with zero attached hydrogens (tertiary/aromatic N) is 2. The van der Waals surface area contributed by atoms with Crippen LogP contribution in [0.2, 0.25) is 0 Å². The average molecular weight is 466 g/mol. The molecular formula is C18H32FIN4O. The van der Waals surface area contributed by atoms with Gasteiger partial charge in [0.15, 0.2) is 5.96 Å². The van der Waals surface area contributed by atoms with Crippen LogP contribution < -0.4 is 10.6 Å². The molecule has 1 rings (SSSR count). The lowest BCUT2D eigenvalue weighted by Crippen LogP contribution is -2.42. The molecule has 0 aliphatic rings. The van der Waals surface area contributed by atoms with Gasteiger partial charge in [-0.25, -0.2) is 4.39 Å². The zero-order chi connectivity index (χ0) is 18.0. The van der Waals surface area contributed by atoms with Crippen LogP contribution in [0.25, 0.3) is 0 Å². The number of hydrogen-bond donors (Lipinski definition) is 2. The minimum Gasteiger partial charge on any atom is -0.377 e. The van der Waals surface area contributed by atoms with Crippen molar-refractivity contribution in [3.05, 3.63) is 35.6 Å². The Morgan fingerprint density at radius 3 is 2.44 bits per heavy atom. The van der Waals surface area contributed by atoms with Crippen molar-refractivity contribution in [2.24, 2.45) is 4.99 Å². The number of rotatable bonds is 9. The SMILES string of the molecule is CCNC(=NCC(C)(C)OC)NCCN(C)Cc1ccc(F)cc1.I. The minimum absolute atomic E-state index is 0. The van der Waals surface area contributed by atoms with Crippen LogP contribution in [0.5, 0.6) is 0 Å². The van der Waals surface area contributed by atoms with Crippen molar-refractivity contribution >= 4 is 29.9 Å². The second-order valence-electron chi connectivity index (χ2n) is 6.45. The Labute approximate surface area is 168 Å². The van der Waals surface area contributed by atoms with Crippen LogP contribution in [0.1, 0.15) is 26.3 Å². The molecule has 0 radical (unpaired) electrons. The summed E-state index contributed by atoms with van der Waals surface area (Å²) < 4.78 is 18.3. The van der Waals surface area contributed by atoms with E-state index in [1.807, 2.05) is 40.0 Å². The van der Waals surface area contributed by atoms with Gasteiger partial charge in [0.25, 0.3) is 0 Å². The number of ether oxygens (including phenoxy) is 1. The summed E-state index contributed by atoms with van der Waals surface area (Å²) >= 11 is 0. The second-order valence-corrected chi connectivity index (χ2v) is 6.45. The first-order valence-electron chi connectivity index (χ1n) is 8.36. The molecule has 0 spiro atoms. The minimum atomic E-state index is -0.276. The number of hydrogen-bond acceptors (Lipinski definition) is 3. The van der Waals surface area contributed by atoms with Gasteiger partial charge in [-0.2, -0.15) is 0 Å². The molecule has 7 heteroatoms. The quantitative estimate of drug-likeness (QED) is 0.334. The Morgan fingerprint density at radius 1 is 1.24 bits per heavy atom. The summed E-state index contributed by atoms with van der Waals surface area (Å²) in [5.74, 6) is 0.589. The summed E-state index contributed by atoms with van der Waals surface area (Å²) in [6.07, 6.45) is 0. The van der Waals surface area contributed by atoms with E-state index in [0.717, 1.165) is 37.7 Å². The fraction of sp³-hybridized carbons (Fsp3) is 0.611. The Hall–Kier alpha value is -0.930. The molecule has 0 unspecified atom stereocenters. The summed E-state index contributed by atoms with van der Waals surface area (Å²) in [6, 6.07) is 6.62. The fourth-order valence-electron chi connectivity index (χ4n) is 2.02. The smallest absolute Gasteiger partial charge is 0.191 e. The van der Waals surface area contributed by atoms with Gasteiger partial charge < -0.3 is 20.3 Å². The van der Waals surface area contributed by atoms with Crippen LogP contribution >= 0.6 is 24.0 Å². The molecule has 1 aromatic rings. The Morgan fingerprint density at radius 2 is 1.88 bits per heavy atom. The molecule has 0 aliphatic heterocycles. The van der Waals surface area contributed by atoms with Crippen molar-refractivity contribution in [1.29, 1.82) is 0 Å². The first-order chi connectivity index (χ1) is 11.4. The molecule has 0 atom stereocenters. The van der Waals surface area contributed by atoms with E-state index in [0.29, 0.717) is 6.54 Å². The van der Waals surface area contributed by atoms with Gasteiger partial charge in [0, 0.05) is 33.3 Å². The number of likely N-dealkylation sites (N-methyl/N-ethyl adjacent to an activating group) is 1. The molecule has 1 aromatic carbocycles. The molecule has 144 valence electrons. The highest BCUT2D eigenvalue weighted by Crippen LogP contribution is 2.07. The third kappa shape index (κ3) is 10.6. The number of aliphatic imine (C=N–C) groups is 1. The van der Waals surface area contributed by atoms with Gasteiger partial charge in [0.2, 0.25) is 0 Å². The number of guanidine groups is 1. The van der Waals surface area contributed by atoms with Crippen LogP contribution in [-0.4, -0.2) is 56.8 Å². The Kier molecular flexibility index (Phi) is 12.0. The lowest BCUT2D eigenvalue weighted by Gasteiger charge is -2.22. The van der Waals surface area contributed by atoms with Crippen molar-refractivity contribution in [2.45, 2.75) is 32.9 Å². The van der Waals surface area contributed by atoms with Crippen LogP contribution in [0.4, 0.5) is 4.39 Å². The summed E-state index contributed by atoms with van der Waals surface area (Å²) in [5, 5.41) is 6.56. The molecule has 0 aromatic heterocycles. The van der Waals surface area contributed by atoms with E-state index in [4.69, 9.17) is 4.74 Å². The van der Waals surface area contributed by atoms with Crippen LogP contribution in [0.3, 0.4) is 0 Å². The average Bonchev–Trinajstić information content (AvgIpc) is 2.55. The highest BCUT2D eigenvalue weighted by Gasteiger charge is 2.15. The maximum absolute atomic E-state index is 12.9. The zero-order valence-electron chi connectivity index (χ0n) is 15.9. The number of nitrogens with one attached hydrogen (secondary N) is 2. The van der Waals surface area contributed by atoms with E-state index in [1.54, 1.807) is 7.11 Å². The normalized spacial score (nSPS) is 12.0. The Bertz CT molecular complexity index is 508. The molecule has 0 heterocycles. The first kappa shape index (κ1) is 24.1. The van der Waals surface area contributed by atoms with E-state index in [9.17, 15) is 4.39 Å². The van der Waals surface area contributed by atoms with Crippen molar-refractivity contribution < 1.29 is 9.13 Å². The molecule has 5 nitrogen and oxygen atoms in total. The number of halogens is 2. The largest absolute Gasteiger partial charge is 0.377 e. The van der Waals surface area contributed by atoms with E-state index in [1.165, 1.54) is 12.1 Å². The van der Waals surface area contributed by atoms with Crippen molar-refractivity contribution in [3.8, 4) is 0 Å². The van der Waals surface area contributed by atoms with E-state index in [2.05, 4.69) is 20.5 Å². The third-order valence-corrected chi connectivity index (χ3v) is 3.67. The molecule has 25 heavy (non-hydrogen) atoms. The standard InChI is InChI=1S/C18H31FN4O.HI/c1-6-20-17(22-14-18(2,3)24-5)21-11-12-23(4)13-15-7-9-16(19)10-8-15;/h7-10H,6,11-14H2,1-5H3,(H2,20,21,22);1H. The predicted molar refractivity (Wildman–Crippen MR) is 113 cm³/mol. The summed E-state index contributed by atoms with van der Waals surface area (Å²) in [6.45, 7) is 9.88. The molecule has 0 amide bonds. The summed E-state index contributed by atoms with van der Waals surface area (Å²) in [5.41, 5.74) is 0.822. The third-order valence-electron chi connectivity index (χ3n) is 3.67. The summed E-state index contributed by atoms with van der Waals surface area (Å²) in [4.78, 5) is 6.74. The van der Waals surface area contributed by atoms with Gasteiger partial charge in [0.1, 0.15) is 5.82 Å². The first-order valence-corrected chi connectivity index (χ1v) is 8.36. The lowest BCUT2D eigenvalue weighted by molar-refractivity contribution is 0.0310. The molecule has 0 fully saturated rings. The van der Waals surface area contributed by atoms with Gasteiger partial charge in [-0.1, -0.05) is 12.1 Å². The molecule has 0 saturated carbocycles. The van der Waals surface area contributed by atoms with E-state index in [-0.39, 0.29) is 35.4 Å². The zero-order valence-corrected chi connectivity index (χ0v) is 18.3. The van der Waals surface area contributed by atoms with Crippen molar-refractivity contribution in [3.63, 3.8) is 0 Å². The van der Waals surface area contributed by atoms with E-state index >= 15 is 0 Å². The van der Waals surface area contributed by atoms with Gasteiger partial charge >= 0.3 is 0 Å². The van der Waals surface area contributed by atoms with Crippen LogP contribution in [0.15, 0.2) is 29.3 Å². The molecule has 2 N–H and O–H groups in total. The number of benzene rings is 1. The van der Waals surface area contributed by atoms with Crippen LogP contribution in [-0.2, 0) is 11.3 Å². The highest BCUT2D eigenvalue weighted by atomic mass is 127. The number of methoxy groups -OCH3 is 1.